The molecular weight excluding hydrogens is 335 g/mol. The van der Waals surface area contributed by atoms with E-state index < -0.39 is 0 Å². The molecule has 3 rings (SSSR count). The van der Waals surface area contributed by atoms with Crippen LogP contribution < -0.4 is 15.4 Å². The van der Waals surface area contributed by atoms with Crippen LogP contribution in [-0.2, 0) is 6.54 Å². The zero-order valence-corrected chi connectivity index (χ0v) is 14.1. The number of rotatable bonds is 6. The molecule has 0 saturated carbocycles. The Morgan fingerprint density at radius 1 is 1.08 bits per heavy atom. The van der Waals surface area contributed by atoms with Gasteiger partial charge in [0.1, 0.15) is 23.1 Å². The first-order valence-electron chi connectivity index (χ1n) is 7.90. The van der Waals surface area contributed by atoms with Gasteiger partial charge in [0.15, 0.2) is 0 Å². The van der Waals surface area contributed by atoms with Crippen LogP contribution in [0.15, 0.2) is 60.9 Å². The summed E-state index contributed by atoms with van der Waals surface area (Å²) in [5, 5.41) is 5.80. The molecule has 0 radical (unpaired) electrons. The van der Waals surface area contributed by atoms with E-state index in [9.17, 15) is 9.18 Å². The summed E-state index contributed by atoms with van der Waals surface area (Å²) in [5.74, 6) is 0.495. The highest BCUT2D eigenvalue weighted by Crippen LogP contribution is 2.25. The minimum Gasteiger partial charge on any atom is -0.495 e. The Labute approximate surface area is 150 Å². The van der Waals surface area contributed by atoms with Gasteiger partial charge in [0, 0.05) is 6.54 Å². The number of para-hydroxylation sites is 2. The SMILES string of the molecule is COc1ccccc1Nc1cnc(C(=O)NCc2ccc(F)cc2)cn1. The van der Waals surface area contributed by atoms with E-state index in [1.807, 2.05) is 24.3 Å². The average molecular weight is 352 g/mol. The normalized spacial score (nSPS) is 10.2. The molecule has 2 aromatic carbocycles. The predicted molar refractivity (Wildman–Crippen MR) is 95.9 cm³/mol. The molecule has 0 aliphatic rings. The Morgan fingerprint density at radius 3 is 2.54 bits per heavy atom. The zero-order chi connectivity index (χ0) is 18.4. The first-order chi connectivity index (χ1) is 12.7. The summed E-state index contributed by atoms with van der Waals surface area (Å²) in [6.45, 7) is 0.280. The number of methoxy groups -OCH3 is 1. The molecule has 26 heavy (non-hydrogen) atoms. The number of anilines is 2. The van der Waals surface area contributed by atoms with Gasteiger partial charge in [-0.05, 0) is 29.8 Å². The van der Waals surface area contributed by atoms with Crippen molar-refractivity contribution < 1.29 is 13.9 Å². The van der Waals surface area contributed by atoms with Gasteiger partial charge in [-0.3, -0.25) is 4.79 Å². The van der Waals surface area contributed by atoms with Crippen molar-refractivity contribution in [1.82, 2.24) is 15.3 Å². The van der Waals surface area contributed by atoms with Crippen LogP contribution in [0.1, 0.15) is 16.1 Å². The minimum absolute atomic E-state index is 0.192. The Hall–Kier alpha value is -3.48. The fraction of sp³-hybridized carbons (Fsp3) is 0.105. The van der Waals surface area contributed by atoms with Crippen molar-refractivity contribution in [2.45, 2.75) is 6.54 Å². The van der Waals surface area contributed by atoms with Gasteiger partial charge < -0.3 is 15.4 Å². The second-order valence-electron chi connectivity index (χ2n) is 5.42. The summed E-state index contributed by atoms with van der Waals surface area (Å²) in [6, 6.07) is 13.3. The third-order valence-corrected chi connectivity index (χ3v) is 3.62. The Morgan fingerprint density at radius 2 is 1.85 bits per heavy atom. The van der Waals surface area contributed by atoms with Gasteiger partial charge in [-0.15, -0.1) is 0 Å². The highest BCUT2D eigenvalue weighted by atomic mass is 19.1. The third-order valence-electron chi connectivity index (χ3n) is 3.62. The van der Waals surface area contributed by atoms with E-state index in [1.54, 1.807) is 19.2 Å². The molecule has 0 unspecified atom stereocenters. The molecule has 3 aromatic rings. The van der Waals surface area contributed by atoms with E-state index in [0.29, 0.717) is 11.6 Å². The Kier molecular flexibility index (Phi) is 5.38. The van der Waals surface area contributed by atoms with Crippen LogP contribution >= 0.6 is 0 Å². The van der Waals surface area contributed by atoms with Crippen molar-refractivity contribution in [2.75, 3.05) is 12.4 Å². The molecule has 1 heterocycles. The lowest BCUT2D eigenvalue weighted by atomic mass is 10.2. The van der Waals surface area contributed by atoms with Gasteiger partial charge in [0.2, 0.25) is 0 Å². The summed E-state index contributed by atoms with van der Waals surface area (Å²) < 4.78 is 18.1. The second-order valence-corrected chi connectivity index (χ2v) is 5.42. The molecule has 0 aliphatic carbocycles. The standard InChI is InChI=1S/C19H17FN4O2/c1-26-17-5-3-2-4-15(17)24-18-12-21-16(11-22-18)19(25)23-10-13-6-8-14(20)9-7-13/h2-9,11-12H,10H2,1H3,(H,22,24)(H,23,25). The van der Waals surface area contributed by atoms with E-state index in [2.05, 4.69) is 20.6 Å². The van der Waals surface area contributed by atoms with Crippen LogP contribution in [0.4, 0.5) is 15.9 Å². The number of nitrogens with one attached hydrogen (secondary N) is 2. The monoisotopic (exact) mass is 352 g/mol. The van der Waals surface area contributed by atoms with Crippen LogP contribution in [-0.4, -0.2) is 23.0 Å². The molecule has 0 spiro atoms. The summed E-state index contributed by atoms with van der Waals surface area (Å²) in [4.78, 5) is 20.4. The Bertz CT molecular complexity index is 883. The van der Waals surface area contributed by atoms with Gasteiger partial charge in [-0.2, -0.15) is 0 Å². The summed E-state index contributed by atoms with van der Waals surface area (Å²) in [6.07, 6.45) is 2.86. The van der Waals surface area contributed by atoms with Crippen molar-refractivity contribution >= 4 is 17.4 Å². The number of hydrogen-bond donors (Lipinski definition) is 2. The summed E-state index contributed by atoms with van der Waals surface area (Å²) in [7, 11) is 1.58. The number of carbonyl (C=O) groups excluding carboxylic acids is 1. The van der Waals surface area contributed by atoms with Gasteiger partial charge in [0.05, 0.1) is 25.2 Å². The quantitative estimate of drug-likeness (QED) is 0.712. The molecule has 1 aromatic heterocycles. The van der Waals surface area contributed by atoms with Gasteiger partial charge in [-0.1, -0.05) is 24.3 Å². The molecule has 6 nitrogen and oxygen atoms in total. The molecule has 132 valence electrons. The molecule has 0 fully saturated rings. The number of halogens is 1. The van der Waals surface area contributed by atoms with Crippen molar-refractivity contribution in [3.63, 3.8) is 0 Å². The molecule has 1 amide bonds. The number of hydrogen-bond acceptors (Lipinski definition) is 5. The fourth-order valence-corrected chi connectivity index (χ4v) is 2.27. The minimum atomic E-state index is -0.356. The van der Waals surface area contributed by atoms with Gasteiger partial charge in [-0.25, -0.2) is 14.4 Å². The number of ether oxygens (including phenoxy) is 1. The fourth-order valence-electron chi connectivity index (χ4n) is 2.27. The number of nitrogens with zero attached hydrogens (tertiary/aromatic N) is 2. The summed E-state index contributed by atoms with van der Waals surface area (Å²) >= 11 is 0. The highest BCUT2D eigenvalue weighted by Gasteiger charge is 2.09. The number of carbonyl (C=O) groups is 1. The third kappa shape index (κ3) is 4.32. The maximum Gasteiger partial charge on any atom is 0.271 e. The second kappa shape index (κ2) is 8.06. The van der Waals surface area contributed by atoms with E-state index in [4.69, 9.17) is 4.74 Å². The van der Waals surface area contributed by atoms with Gasteiger partial charge >= 0.3 is 0 Å². The molecule has 0 atom stereocenters. The maximum atomic E-state index is 12.9. The maximum absolute atomic E-state index is 12.9. The molecule has 7 heteroatoms. The van der Waals surface area contributed by atoms with E-state index >= 15 is 0 Å². The predicted octanol–water partition coefficient (Wildman–Crippen LogP) is 3.30. The number of amides is 1. The first-order valence-corrected chi connectivity index (χ1v) is 7.90. The first kappa shape index (κ1) is 17.3. The molecule has 0 bridgehead atoms. The number of benzene rings is 2. The molecule has 0 aliphatic heterocycles. The van der Waals surface area contributed by atoms with Crippen LogP contribution in [0.5, 0.6) is 5.75 Å². The van der Waals surface area contributed by atoms with Crippen LogP contribution in [0.3, 0.4) is 0 Å². The Balaban J connectivity index is 1.61. The van der Waals surface area contributed by atoms with E-state index in [-0.39, 0.29) is 24.0 Å². The topological polar surface area (TPSA) is 76.1 Å². The highest BCUT2D eigenvalue weighted by molar-refractivity contribution is 5.92. The number of aromatic nitrogens is 2. The van der Waals surface area contributed by atoms with Gasteiger partial charge in [0.25, 0.3) is 5.91 Å². The lowest BCUT2D eigenvalue weighted by Gasteiger charge is -2.10. The average Bonchev–Trinajstić information content (AvgIpc) is 2.68. The summed E-state index contributed by atoms with van der Waals surface area (Å²) in [5.41, 5.74) is 1.73. The molecule has 0 saturated heterocycles. The largest absolute Gasteiger partial charge is 0.495 e. The lowest BCUT2D eigenvalue weighted by Crippen LogP contribution is -2.24. The molecular formula is C19H17FN4O2. The van der Waals surface area contributed by atoms with Crippen molar-refractivity contribution in [3.8, 4) is 5.75 Å². The zero-order valence-electron chi connectivity index (χ0n) is 14.1. The smallest absolute Gasteiger partial charge is 0.271 e. The lowest BCUT2D eigenvalue weighted by molar-refractivity contribution is 0.0945. The van der Waals surface area contributed by atoms with Crippen molar-refractivity contribution in [3.05, 3.63) is 78.0 Å². The van der Waals surface area contributed by atoms with Crippen molar-refractivity contribution in [2.24, 2.45) is 0 Å². The molecule has 2 N–H and O–H groups in total. The van der Waals surface area contributed by atoms with E-state index in [1.165, 1.54) is 24.5 Å². The van der Waals surface area contributed by atoms with Crippen LogP contribution in [0, 0.1) is 5.82 Å². The van der Waals surface area contributed by atoms with E-state index in [0.717, 1.165) is 11.3 Å². The van der Waals surface area contributed by atoms with Crippen molar-refractivity contribution in [1.29, 1.82) is 0 Å². The van der Waals surface area contributed by atoms with Crippen LogP contribution in [0.2, 0.25) is 0 Å². The van der Waals surface area contributed by atoms with Crippen LogP contribution in [0.25, 0.3) is 0 Å².